The number of carbonyl (C=O) groups excluding carboxylic acids is 1. The summed E-state index contributed by atoms with van der Waals surface area (Å²) in [6.45, 7) is 8.81. The predicted molar refractivity (Wildman–Crippen MR) is 84.6 cm³/mol. The molecular formula is C18H34O2. The minimum atomic E-state index is 0.0493. The van der Waals surface area contributed by atoms with Crippen LogP contribution in [0.4, 0.5) is 0 Å². The van der Waals surface area contributed by atoms with Crippen LogP contribution < -0.4 is 0 Å². The van der Waals surface area contributed by atoms with E-state index in [4.69, 9.17) is 4.74 Å². The quantitative estimate of drug-likeness (QED) is 0.664. The summed E-state index contributed by atoms with van der Waals surface area (Å²) < 4.78 is 5.14. The molecule has 0 amide bonds. The van der Waals surface area contributed by atoms with Crippen molar-refractivity contribution in [3.8, 4) is 0 Å². The van der Waals surface area contributed by atoms with Crippen molar-refractivity contribution in [2.75, 3.05) is 6.61 Å². The molecule has 0 atom stereocenters. The monoisotopic (exact) mass is 282 g/mol. The normalized spacial score (nSPS) is 33.8. The molecule has 0 aromatic rings. The van der Waals surface area contributed by atoms with Crippen molar-refractivity contribution in [3.05, 3.63) is 0 Å². The largest absolute Gasteiger partial charge is 0.466 e. The van der Waals surface area contributed by atoms with Gasteiger partial charge in [0.2, 0.25) is 0 Å². The highest BCUT2D eigenvalue weighted by atomic mass is 16.5. The van der Waals surface area contributed by atoms with E-state index >= 15 is 0 Å². The van der Waals surface area contributed by atoms with Gasteiger partial charge in [-0.15, -0.1) is 0 Å². The molecule has 0 aliphatic heterocycles. The van der Waals surface area contributed by atoms with Crippen LogP contribution in [-0.4, -0.2) is 12.6 Å². The van der Waals surface area contributed by atoms with Gasteiger partial charge in [-0.1, -0.05) is 33.6 Å². The van der Waals surface area contributed by atoms with E-state index in [9.17, 15) is 4.79 Å². The molecule has 2 aliphatic rings. The molecule has 0 N–H and O–H groups in total. The zero-order valence-corrected chi connectivity index (χ0v) is 14.0. The molecule has 0 radical (unpaired) electrons. The molecule has 20 heavy (non-hydrogen) atoms. The third-order valence-corrected chi connectivity index (χ3v) is 5.12. The number of ether oxygens (including phenoxy) is 1. The summed E-state index contributed by atoms with van der Waals surface area (Å²) in [6, 6.07) is 0. The lowest BCUT2D eigenvalue weighted by Crippen LogP contribution is -2.28. The lowest BCUT2D eigenvalue weighted by atomic mass is 9.69. The summed E-state index contributed by atoms with van der Waals surface area (Å²) in [5.41, 5.74) is 0. The van der Waals surface area contributed by atoms with Crippen LogP contribution in [-0.2, 0) is 9.53 Å². The van der Waals surface area contributed by atoms with E-state index in [1.807, 2.05) is 20.8 Å². The van der Waals surface area contributed by atoms with Crippen molar-refractivity contribution < 1.29 is 9.53 Å². The van der Waals surface area contributed by atoms with E-state index in [0.29, 0.717) is 6.61 Å². The van der Waals surface area contributed by atoms with Crippen LogP contribution in [0.3, 0.4) is 0 Å². The molecule has 0 saturated heterocycles. The predicted octanol–water partition coefficient (Wildman–Crippen LogP) is 5.21. The molecule has 2 saturated carbocycles. The van der Waals surface area contributed by atoms with E-state index in [1.54, 1.807) is 0 Å². The van der Waals surface area contributed by atoms with Crippen LogP contribution in [0.1, 0.15) is 79.1 Å². The molecule has 0 spiro atoms. The van der Waals surface area contributed by atoms with E-state index in [1.165, 1.54) is 38.5 Å². The first-order valence-corrected chi connectivity index (χ1v) is 8.87. The second-order valence-corrected chi connectivity index (χ2v) is 6.38. The fourth-order valence-corrected chi connectivity index (χ4v) is 3.84. The molecule has 0 aromatic carbocycles. The number of hydrogen-bond donors (Lipinski definition) is 0. The topological polar surface area (TPSA) is 26.3 Å². The van der Waals surface area contributed by atoms with E-state index in [-0.39, 0.29) is 11.9 Å². The summed E-state index contributed by atoms with van der Waals surface area (Å²) in [5.74, 6) is 3.03. The fourth-order valence-electron chi connectivity index (χ4n) is 3.84. The van der Waals surface area contributed by atoms with Crippen LogP contribution in [0.5, 0.6) is 0 Å². The minimum absolute atomic E-state index is 0.0493. The SMILES string of the molecule is CC.CCOC(=O)C1CCC(C2CCC(C)CC2)CC1. The van der Waals surface area contributed by atoms with Crippen molar-refractivity contribution >= 4 is 5.97 Å². The van der Waals surface area contributed by atoms with Crippen molar-refractivity contribution in [1.29, 1.82) is 0 Å². The first-order valence-electron chi connectivity index (χ1n) is 8.87. The zero-order chi connectivity index (χ0) is 15.0. The zero-order valence-electron chi connectivity index (χ0n) is 14.0. The average Bonchev–Trinajstić information content (AvgIpc) is 2.50. The Morgan fingerprint density at radius 1 is 0.900 bits per heavy atom. The van der Waals surface area contributed by atoms with Gasteiger partial charge in [0.25, 0.3) is 0 Å². The molecule has 118 valence electrons. The first-order chi connectivity index (χ1) is 9.70. The maximum atomic E-state index is 11.7. The number of rotatable bonds is 3. The van der Waals surface area contributed by atoms with Gasteiger partial charge < -0.3 is 4.74 Å². The van der Waals surface area contributed by atoms with Crippen molar-refractivity contribution in [3.63, 3.8) is 0 Å². The summed E-state index contributed by atoms with van der Waals surface area (Å²) in [5, 5.41) is 0. The molecule has 2 aliphatic carbocycles. The molecule has 0 heterocycles. The Kier molecular flexibility index (Phi) is 8.25. The van der Waals surface area contributed by atoms with E-state index in [2.05, 4.69) is 6.92 Å². The number of hydrogen-bond acceptors (Lipinski definition) is 2. The average molecular weight is 282 g/mol. The Hall–Kier alpha value is -0.530. The summed E-state index contributed by atoms with van der Waals surface area (Å²) in [7, 11) is 0. The molecule has 2 fully saturated rings. The second-order valence-electron chi connectivity index (χ2n) is 6.38. The van der Waals surface area contributed by atoms with Gasteiger partial charge in [0, 0.05) is 0 Å². The lowest BCUT2D eigenvalue weighted by molar-refractivity contribution is -0.149. The van der Waals surface area contributed by atoms with Crippen LogP contribution in [0, 0.1) is 23.7 Å². The van der Waals surface area contributed by atoms with Crippen molar-refractivity contribution in [2.24, 2.45) is 23.7 Å². The van der Waals surface area contributed by atoms with Gasteiger partial charge in [-0.25, -0.2) is 0 Å². The molecule has 2 heteroatoms. The molecule has 0 unspecified atom stereocenters. The number of carbonyl (C=O) groups is 1. The van der Waals surface area contributed by atoms with E-state index in [0.717, 1.165) is 30.6 Å². The molecule has 2 rings (SSSR count). The Labute approximate surface area is 125 Å². The van der Waals surface area contributed by atoms with Crippen LogP contribution >= 0.6 is 0 Å². The third-order valence-electron chi connectivity index (χ3n) is 5.12. The Balaban J connectivity index is 0.000000956. The first kappa shape index (κ1) is 17.5. The molecule has 0 bridgehead atoms. The number of esters is 1. The fraction of sp³-hybridized carbons (Fsp3) is 0.944. The van der Waals surface area contributed by atoms with E-state index < -0.39 is 0 Å². The Morgan fingerprint density at radius 2 is 1.35 bits per heavy atom. The van der Waals surface area contributed by atoms with Crippen LogP contribution in [0.15, 0.2) is 0 Å². The Bertz CT molecular complexity index is 259. The highest BCUT2D eigenvalue weighted by Crippen LogP contribution is 2.41. The van der Waals surface area contributed by atoms with Gasteiger partial charge in [0.05, 0.1) is 12.5 Å². The Morgan fingerprint density at radius 3 is 1.80 bits per heavy atom. The standard InChI is InChI=1S/C16H28O2.C2H6/c1-3-18-16(17)15-10-8-14(9-11-15)13-6-4-12(2)5-7-13;1-2/h12-15H,3-11H2,1-2H3;1-2H3. The van der Waals surface area contributed by atoms with Crippen LogP contribution in [0.2, 0.25) is 0 Å². The highest BCUT2D eigenvalue weighted by Gasteiger charge is 2.32. The third kappa shape index (κ3) is 5.10. The van der Waals surface area contributed by atoms with Gasteiger partial charge in [0.15, 0.2) is 0 Å². The van der Waals surface area contributed by atoms with Gasteiger partial charge in [-0.2, -0.15) is 0 Å². The highest BCUT2D eigenvalue weighted by molar-refractivity contribution is 5.72. The summed E-state index contributed by atoms with van der Waals surface area (Å²) in [4.78, 5) is 11.7. The van der Waals surface area contributed by atoms with Gasteiger partial charge in [-0.05, 0) is 63.2 Å². The van der Waals surface area contributed by atoms with Crippen LogP contribution in [0.25, 0.3) is 0 Å². The maximum absolute atomic E-state index is 11.7. The van der Waals surface area contributed by atoms with Gasteiger partial charge in [0.1, 0.15) is 0 Å². The molecule has 2 nitrogen and oxygen atoms in total. The van der Waals surface area contributed by atoms with Crippen molar-refractivity contribution in [1.82, 2.24) is 0 Å². The maximum Gasteiger partial charge on any atom is 0.308 e. The second kappa shape index (κ2) is 9.41. The summed E-state index contributed by atoms with van der Waals surface area (Å²) >= 11 is 0. The molecule has 0 aromatic heterocycles. The van der Waals surface area contributed by atoms with Crippen molar-refractivity contribution in [2.45, 2.75) is 79.1 Å². The molecular weight excluding hydrogens is 248 g/mol. The lowest BCUT2D eigenvalue weighted by Gasteiger charge is -2.36. The smallest absolute Gasteiger partial charge is 0.308 e. The minimum Gasteiger partial charge on any atom is -0.466 e. The summed E-state index contributed by atoms with van der Waals surface area (Å²) in [6.07, 6.45) is 10.3. The van der Waals surface area contributed by atoms with Gasteiger partial charge in [-0.3, -0.25) is 4.79 Å². The van der Waals surface area contributed by atoms with Gasteiger partial charge >= 0.3 is 5.97 Å².